The van der Waals surface area contributed by atoms with E-state index < -0.39 is 26.1 Å². The monoisotopic (exact) mass is 394 g/mol. The number of hydrogen-bond donors (Lipinski definition) is 4. The SMILES string of the molecule is CS(=O)ONc1ccc(S(=O)(=O)O)c(Nc2nc(N)nc(Cl)n2)c1. The molecule has 0 aliphatic rings. The maximum Gasteiger partial charge on any atom is 0.296 e. The van der Waals surface area contributed by atoms with E-state index in [-0.39, 0.29) is 28.6 Å². The lowest BCUT2D eigenvalue weighted by Crippen LogP contribution is -2.09. The largest absolute Gasteiger partial charge is 0.368 e. The minimum absolute atomic E-state index is 0.102. The molecular weight excluding hydrogens is 384 g/mol. The Bertz CT molecular complexity index is 873. The van der Waals surface area contributed by atoms with E-state index in [9.17, 15) is 17.2 Å². The third-order valence-corrected chi connectivity index (χ3v) is 3.81. The fraction of sp³-hybridized carbons (Fsp3) is 0.100. The van der Waals surface area contributed by atoms with Crippen LogP contribution in [0.15, 0.2) is 23.1 Å². The first kappa shape index (κ1) is 18.3. The number of halogens is 1. The summed E-state index contributed by atoms with van der Waals surface area (Å²) in [5, 5.41) is 2.34. The van der Waals surface area contributed by atoms with E-state index in [0.29, 0.717) is 0 Å². The minimum Gasteiger partial charge on any atom is -0.368 e. The van der Waals surface area contributed by atoms with E-state index >= 15 is 0 Å². The van der Waals surface area contributed by atoms with Gasteiger partial charge in [-0.1, -0.05) is 0 Å². The molecule has 14 heteroatoms. The van der Waals surface area contributed by atoms with Crippen LogP contribution in [0, 0.1) is 0 Å². The molecule has 0 aliphatic heterocycles. The summed E-state index contributed by atoms with van der Waals surface area (Å²) in [6.07, 6.45) is 1.29. The lowest BCUT2D eigenvalue weighted by atomic mass is 10.3. The zero-order valence-electron chi connectivity index (χ0n) is 11.9. The first-order valence-electron chi connectivity index (χ1n) is 5.97. The number of benzene rings is 1. The Morgan fingerprint density at radius 2 is 2.04 bits per heavy atom. The van der Waals surface area contributed by atoms with Gasteiger partial charge in [0.2, 0.25) is 17.2 Å². The molecule has 130 valence electrons. The van der Waals surface area contributed by atoms with Gasteiger partial charge in [0.15, 0.2) is 11.1 Å². The standard InChI is InChI=1S/C10H11ClN6O5S2/c1-23(18)22-17-5-2-3-7(24(19,20)21)6(4-5)13-10-15-8(11)14-9(12)16-10/h2-4,17H,1H3,(H,19,20,21)(H3,12,13,14,15,16). The molecule has 2 rings (SSSR count). The van der Waals surface area contributed by atoms with Crippen LogP contribution < -0.4 is 16.5 Å². The highest BCUT2D eigenvalue weighted by Gasteiger charge is 2.17. The average Bonchev–Trinajstić information content (AvgIpc) is 2.42. The van der Waals surface area contributed by atoms with Crippen molar-refractivity contribution in [2.45, 2.75) is 4.90 Å². The van der Waals surface area contributed by atoms with Crippen molar-refractivity contribution in [2.75, 3.05) is 22.8 Å². The van der Waals surface area contributed by atoms with Crippen molar-refractivity contribution in [1.82, 2.24) is 15.0 Å². The van der Waals surface area contributed by atoms with Crippen LogP contribution in [0.5, 0.6) is 0 Å². The van der Waals surface area contributed by atoms with Crippen molar-refractivity contribution in [3.8, 4) is 0 Å². The first-order chi connectivity index (χ1) is 11.1. The third kappa shape index (κ3) is 4.97. The molecule has 24 heavy (non-hydrogen) atoms. The van der Waals surface area contributed by atoms with E-state index in [1.54, 1.807) is 0 Å². The Kier molecular flexibility index (Phi) is 5.51. The lowest BCUT2D eigenvalue weighted by molar-refractivity contribution is 0.440. The summed E-state index contributed by atoms with van der Waals surface area (Å²) in [5.74, 6) is -0.334. The average molecular weight is 395 g/mol. The second kappa shape index (κ2) is 7.23. The molecule has 2 aromatic rings. The van der Waals surface area contributed by atoms with Crippen LogP contribution in [0.3, 0.4) is 0 Å². The molecule has 0 fully saturated rings. The number of nitrogens with zero attached hydrogens (tertiary/aromatic N) is 3. The molecule has 0 spiro atoms. The molecule has 5 N–H and O–H groups in total. The van der Waals surface area contributed by atoms with Gasteiger partial charge in [0, 0.05) is 6.26 Å². The Hall–Kier alpha value is -2.06. The van der Waals surface area contributed by atoms with Crippen LogP contribution >= 0.6 is 11.6 Å². The van der Waals surface area contributed by atoms with E-state index in [1.807, 2.05) is 0 Å². The van der Waals surface area contributed by atoms with Crippen molar-refractivity contribution in [2.24, 2.45) is 0 Å². The number of nitrogens with two attached hydrogens (primary N) is 1. The molecule has 11 nitrogen and oxygen atoms in total. The highest BCUT2D eigenvalue weighted by Crippen LogP contribution is 2.27. The molecule has 0 saturated carbocycles. The summed E-state index contributed by atoms with van der Waals surface area (Å²) in [6.45, 7) is 0. The fourth-order valence-electron chi connectivity index (χ4n) is 1.56. The maximum atomic E-state index is 11.5. The van der Waals surface area contributed by atoms with E-state index in [1.165, 1.54) is 18.4 Å². The van der Waals surface area contributed by atoms with Crippen molar-refractivity contribution >= 4 is 56.1 Å². The molecule has 0 bridgehead atoms. The van der Waals surface area contributed by atoms with Crippen LogP contribution in [-0.2, 0) is 25.5 Å². The van der Waals surface area contributed by atoms with Crippen LogP contribution in [0.25, 0.3) is 0 Å². The number of anilines is 4. The van der Waals surface area contributed by atoms with Crippen LogP contribution in [-0.4, -0.2) is 38.4 Å². The number of rotatable bonds is 6. The fourth-order valence-corrected chi connectivity index (χ4v) is 2.57. The van der Waals surface area contributed by atoms with Gasteiger partial charge in [0.25, 0.3) is 10.1 Å². The smallest absolute Gasteiger partial charge is 0.296 e. The van der Waals surface area contributed by atoms with Crippen molar-refractivity contribution in [1.29, 1.82) is 0 Å². The van der Waals surface area contributed by atoms with Gasteiger partial charge in [-0.3, -0.25) is 10.0 Å². The molecule has 0 radical (unpaired) electrons. The van der Waals surface area contributed by atoms with E-state index in [2.05, 4.69) is 25.7 Å². The van der Waals surface area contributed by atoms with Crippen LogP contribution in [0.2, 0.25) is 5.28 Å². The van der Waals surface area contributed by atoms with Gasteiger partial charge in [-0.15, -0.1) is 0 Å². The highest BCUT2D eigenvalue weighted by molar-refractivity contribution is 7.86. The zero-order chi connectivity index (χ0) is 17.9. The Labute approximate surface area is 144 Å². The Morgan fingerprint density at radius 1 is 1.33 bits per heavy atom. The maximum absolute atomic E-state index is 11.5. The number of hydrogen-bond acceptors (Lipinski definition) is 10. The van der Waals surface area contributed by atoms with E-state index in [0.717, 1.165) is 6.07 Å². The lowest BCUT2D eigenvalue weighted by Gasteiger charge is -2.12. The summed E-state index contributed by atoms with van der Waals surface area (Å²) in [7, 11) is -4.55. The number of nitrogen functional groups attached to an aromatic ring is 1. The molecule has 0 amide bonds. The Balaban J connectivity index is 2.43. The van der Waals surface area contributed by atoms with E-state index in [4.69, 9.17) is 21.6 Å². The molecule has 1 aromatic heterocycles. The summed E-state index contributed by atoms with van der Waals surface area (Å²) in [6, 6.07) is 3.63. The number of aromatic nitrogens is 3. The van der Waals surface area contributed by atoms with Gasteiger partial charge in [-0.05, 0) is 29.8 Å². The molecule has 1 unspecified atom stereocenters. The normalized spacial score (nSPS) is 12.6. The predicted molar refractivity (Wildman–Crippen MR) is 87.6 cm³/mol. The highest BCUT2D eigenvalue weighted by atomic mass is 35.5. The van der Waals surface area contributed by atoms with Gasteiger partial charge in [0.1, 0.15) is 4.90 Å². The van der Waals surface area contributed by atoms with Gasteiger partial charge in [-0.25, -0.2) is 4.21 Å². The molecule has 1 heterocycles. The summed E-state index contributed by atoms with van der Waals surface area (Å²) in [4.78, 5) is 10.6. The predicted octanol–water partition coefficient (Wildman–Crippen LogP) is 0.734. The van der Waals surface area contributed by atoms with Crippen LogP contribution in [0.1, 0.15) is 0 Å². The second-order valence-corrected chi connectivity index (χ2v) is 6.88. The molecular formula is C10H11ClN6O5S2. The molecule has 0 saturated heterocycles. The minimum atomic E-state index is -4.55. The quantitative estimate of drug-likeness (QED) is 0.402. The van der Waals surface area contributed by atoms with Crippen LogP contribution in [0.4, 0.5) is 23.3 Å². The van der Waals surface area contributed by atoms with Gasteiger partial charge in [0.05, 0.1) is 11.4 Å². The summed E-state index contributed by atoms with van der Waals surface area (Å²) >= 11 is 4.04. The van der Waals surface area contributed by atoms with Gasteiger partial charge in [-0.2, -0.15) is 27.7 Å². The molecule has 1 atom stereocenters. The Morgan fingerprint density at radius 3 is 2.62 bits per heavy atom. The third-order valence-electron chi connectivity index (χ3n) is 2.41. The topological polar surface area (TPSA) is 169 Å². The molecule has 1 aromatic carbocycles. The number of nitrogens with one attached hydrogen (secondary N) is 2. The second-order valence-electron chi connectivity index (χ2n) is 4.18. The van der Waals surface area contributed by atoms with Crippen molar-refractivity contribution < 1.29 is 21.5 Å². The summed E-state index contributed by atoms with van der Waals surface area (Å²) < 4.78 is 47.8. The van der Waals surface area contributed by atoms with Gasteiger partial charge >= 0.3 is 0 Å². The zero-order valence-corrected chi connectivity index (χ0v) is 14.3. The molecule has 0 aliphatic carbocycles. The summed E-state index contributed by atoms with van der Waals surface area (Å²) in [5.41, 5.74) is 7.92. The van der Waals surface area contributed by atoms with Crippen molar-refractivity contribution in [3.05, 3.63) is 23.5 Å². The van der Waals surface area contributed by atoms with Gasteiger partial charge < -0.3 is 11.1 Å². The first-order valence-corrected chi connectivity index (χ1v) is 9.27. The van der Waals surface area contributed by atoms with Crippen molar-refractivity contribution in [3.63, 3.8) is 0 Å².